The molecule has 2 fully saturated rings. The summed E-state index contributed by atoms with van der Waals surface area (Å²) in [7, 11) is 0. The van der Waals surface area contributed by atoms with Gasteiger partial charge in [-0.2, -0.15) is 0 Å². The summed E-state index contributed by atoms with van der Waals surface area (Å²) in [6, 6.07) is 0. The van der Waals surface area contributed by atoms with Crippen molar-refractivity contribution in [3.05, 3.63) is 0 Å². The van der Waals surface area contributed by atoms with Crippen LogP contribution in [0, 0.1) is 11.8 Å². The number of ether oxygens (including phenoxy) is 1. The first kappa shape index (κ1) is 14.8. The van der Waals surface area contributed by atoms with Crippen molar-refractivity contribution < 1.29 is 14.6 Å². The summed E-state index contributed by atoms with van der Waals surface area (Å²) in [5.74, 6) is 1.19. The SMILES string of the molecule is CCOC1CC(CC(=O)N2CCC(C(C)O)CC2)C1. The molecule has 1 heterocycles. The summed E-state index contributed by atoms with van der Waals surface area (Å²) in [4.78, 5) is 14.1. The van der Waals surface area contributed by atoms with Crippen LogP contribution in [-0.2, 0) is 9.53 Å². The molecule has 0 bridgehead atoms. The van der Waals surface area contributed by atoms with Crippen LogP contribution in [0.15, 0.2) is 0 Å². The lowest BCUT2D eigenvalue weighted by Crippen LogP contribution is -2.43. The maximum absolute atomic E-state index is 12.2. The van der Waals surface area contributed by atoms with E-state index >= 15 is 0 Å². The highest BCUT2D eigenvalue weighted by Crippen LogP contribution is 2.33. The average Bonchev–Trinajstić information content (AvgIpc) is 2.36. The third-order valence-corrected chi connectivity index (χ3v) is 4.63. The summed E-state index contributed by atoms with van der Waals surface area (Å²) in [5, 5.41) is 9.56. The van der Waals surface area contributed by atoms with E-state index in [1.165, 1.54) is 0 Å². The predicted molar refractivity (Wildman–Crippen MR) is 73.7 cm³/mol. The van der Waals surface area contributed by atoms with E-state index in [1.54, 1.807) is 0 Å². The molecule has 2 rings (SSSR count). The second-order valence-corrected chi connectivity index (χ2v) is 6.08. The van der Waals surface area contributed by atoms with Crippen LogP contribution in [0.2, 0.25) is 0 Å². The quantitative estimate of drug-likeness (QED) is 0.828. The van der Waals surface area contributed by atoms with E-state index in [9.17, 15) is 9.90 Å². The molecule has 0 radical (unpaired) electrons. The molecule has 0 aromatic rings. The largest absolute Gasteiger partial charge is 0.393 e. The molecule has 0 spiro atoms. The highest BCUT2D eigenvalue weighted by atomic mass is 16.5. The minimum Gasteiger partial charge on any atom is -0.393 e. The molecule has 0 aromatic carbocycles. The standard InChI is InChI=1S/C15H27NO3/c1-3-19-14-8-12(9-14)10-15(18)16-6-4-13(5-7-16)11(2)17/h11-14,17H,3-10H2,1-2H3. The van der Waals surface area contributed by atoms with Crippen LogP contribution in [0.1, 0.15) is 46.0 Å². The number of carbonyl (C=O) groups excluding carboxylic acids is 1. The van der Waals surface area contributed by atoms with Crippen molar-refractivity contribution in [2.45, 2.75) is 58.2 Å². The van der Waals surface area contributed by atoms with Gasteiger partial charge in [0.1, 0.15) is 0 Å². The molecule has 2 aliphatic rings. The Labute approximate surface area is 116 Å². The van der Waals surface area contributed by atoms with E-state index in [2.05, 4.69) is 0 Å². The highest BCUT2D eigenvalue weighted by molar-refractivity contribution is 5.76. The molecule has 0 aromatic heterocycles. The van der Waals surface area contributed by atoms with Crippen LogP contribution in [0.3, 0.4) is 0 Å². The zero-order valence-corrected chi connectivity index (χ0v) is 12.2. The van der Waals surface area contributed by atoms with Gasteiger partial charge >= 0.3 is 0 Å². The number of hydrogen-bond donors (Lipinski definition) is 1. The monoisotopic (exact) mass is 269 g/mol. The molecule has 1 aliphatic carbocycles. The predicted octanol–water partition coefficient (Wildman–Crippen LogP) is 1.81. The summed E-state index contributed by atoms with van der Waals surface area (Å²) in [6.45, 7) is 6.28. The van der Waals surface area contributed by atoms with E-state index in [1.807, 2.05) is 18.7 Å². The van der Waals surface area contributed by atoms with Gasteiger partial charge in [-0.05, 0) is 51.4 Å². The van der Waals surface area contributed by atoms with E-state index in [-0.39, 0.29) is 6.10 Å². The molecule has 1 saturated heterocycles. The fourth-order valence-electron chi connectivity index (χ4n) is 3.22. The molecular weight excluding hydrogens is 242 g/mol. The summed E-state index contributed by atoms with van der Waals surface area (Å²) >= 11 is 0. The van der Waals surface area contributed by atoms with Crippen molar-refractivity contribution in [3.8, 4) is 0 Å². The minimum absolute atomic E-state index is 0.240. The van der Waals surface area contributed by atoms with Crippen LogP contribution in [0.4, 0.5) is 0 Å². The van der Waals surface area contributed by atoms with Gasteiger partial charge < -0.3 is 14.7 Å². The Hall–Kier alpha value is -0.610. The topological polar surface area (TPSA) is 49.8 Å². The molecule has 1 amide bonds. The average molecular weight is 269 g/mol. The van der Waals surface area contributed by atoms with Gasteiger partial charge in [-0.25, -0.2) is 0 Å². The van der Waals surface area contributed by atoms with Crippen molar-refractivity contribution >= 4 is 5.91 Å². The van der Waals surface area contributed by atoms with E-state index < -0.39 is 0 Å². The third-order valence-electron chi connectivity index (χ3n) is 4.63. The van der Waals surface area contributed by atoms with Gasteiger partial charge in [0, 0.05) is 26.1 Å². The van der Waals surface area contributed by atoms with E-state index in [0.29, 0.717) is 30.3 Å². The fourth-order valence-corrected chi connectivity index (χ4v) is 3.22. The van der Waals surface area contributed by atoms with Crippen LogP contribution in [-0.4, -0.2) is 47.8 Å². The van der Waals surface area contributed by atoms with Crippen molar-refractivity contribution in [2.75, 3.05) is 19.7 Å². The molecule has 19 heavy (non-hydrogen) atoms. The lowest BCUT2D eigenvalue weighted by Gasteiger charge is -2.38. The molecule has 1 aliphatic heterocycles. The van der Waals surface area contributed by atoms with Crippen LogP contribution < -0.4 is 0 Å². The maximum atomic E-state index is 12.2. The minimum atomic E-state index is -0.240. The van der Waals surface area contributed by atoms with Crippen molar-refractivity contribution in [3.63, 3.8) is 0 Å². The third kappa shape index (κ3) is 3.93. The second-order valence-electron chi connectivity index (χ2n) is 6.08. The number of aliphatic hydroxyl groups is 1. The molecule has 4 nitrogen and oxygen atoms in total. The van der Waals surface area contributed by atoms with Crippen molar-refractivity contribution in [1.29, 1.82) is 0 Å². The first-order valence-electron chi connectivity index (χ1n) is 7.67. The highest BCUT2D eigenvalue weighted by Gasteiger charge is 2.33. The molecule has 1 atom stereocenters. The van der Waals surface area contributed by atoms with Crippen LogP contribution >= 0.6 is 0 Å². The number of amides is 1. The second kappa shape index (κ2) is 6.71. The first-order chi connectivity index (χ1) is 9.10. The summed E-state index contributed by atoms with van der Waals surface area (Å²) in [5.41, 5.74) is 0. The molecule has 1 N–H and O–H groups in total. The number of aliphatic hydroxyl groups excluding tert-OH is 1. The van der Waals surface area contributed by atoms with Gasteiger partial charge in [0.2, 0.25) is 5.91 Å². The Morgan fingerprint density at radius 3 is 2.53 bits per heavy atom. The van der Waals surface area contributed by atoms with Crippen LogP contribution in [0.5, 0.6) is 0 Å². The van der Waals surface area contributed by atoms with Crippen molar-refractivity contribution in [2.24, 2.45) is 11.8 Å². The lowest BCUT2D eigenvalue weighted by atomic mass is 9.79. The Kier molecular flexibility index (Phi) is 5.22. The number of piperidine rings is 1. The Morgan fingerprint density at radius 1 is 1.37 bits per heavy atom. The van der Waals surface area contributed by atoms with E-state index in [4.69, 9.17) is 4.74 Å². The van der Waals surface area contributed by atoms with Gasteiger partial charge in [0.15, 0.2) is 0 Å². The Balaban J connectivity index is 1.65. The van der Waals surface area contributed by atoms with Gasteiger partial charge in [0.25, 0.3) is 0 Å². The fraction of sp³-hybridized carbons (Fsp3) is 0.933. The molecule has 1 unspecified atom stereocenters. The van der Waals surface area contributed by atoms with Gasteiger partial charge in [-0.3, -0.25) is 4.79 Å². The smallest absolute Gasteiger partial charge is 0.222 e. The number of hydrogen-bond acceptors (Lipinski definition) is 3. The van der Waals surface area contributed by atoms with Gasteiger partial charge in [-0.15, -0.1) is 0 Å². The molecular formula is C15H27NO3. The number of rotatable bonds is 5. The summed E-state index contributed by atoms with van der Waals surface area (Å²) in [6.07, 6.45) is 4.81. The van der Waals surface area contributed by atoms with Crippen molar-refractivity contribution in [1.82, 2.24) is 4.90 Å². The van der Waals surface area contributed by atoms with Crippen LogP contribution in [0.25, 0.3) is 0 Å². The lowest BCUT2D eigenvalue weighted by molar-refractivity contribution is -0.136. The van der Waals surface area contributed by atoms with Gasteiger partial charge in [-0.1, -0.05) is 0 Å². The number of nitrogens with zero attached hydrogens (tertiary/aromatic N) is 1. The maximum Gasteiger partial charge on any atom is 0.222 e. The molecule has 1 saturated carbocycles. The van der Waals surface area contributed by atoms with Gasteiger partial charge in [0.05, 0.1) is 12.2 Å². The Morgan fingerprint density at radius 2 is 2.00 bits per heavy atom. The Bertz CT molecular complexity index is 292. The number of carbonyl (C=O) groups is 1. The zero-order chi connectivity index (χ0) is 13.8. The molecule has 4 heteroatoms. The van der Waals surface area contributed by atoms with E-state index in [0.717, 1.165) is 45.4 Å². The normalized spacial score (nSPS) is 29.9. The first-order valence-corrected chi connectivity index (χ1v) is 7.67. The number of likely N-dealkylation sites (tertiary alicyclic amines) is 1. The summed E-state index contributed by atoms with van der Waals surface area (Å²) < 4.78 is 5.52. The zero-order valence-electron chi connectivity index (χ0n) is 12.2. The molecule has 110 valence electrons.